The summed E-state index contributed by atoms with van der Waals surface area (Å²) in [4.78, 5) is 12.3. The van der Waals surface area contributed by atoms with Crippen molar-refractivity contribution in [1.82, 2.24) is 3.97 Å². The first-order chi connectivity index (χ1) is 13.4. The first kappa shape index (κ1) is 23.4. The molecule has 2 aromatic rings. The van der Waals surface area contributed by atoms with Gasteiger partial charge in [0, 0.05) is 16.6 Å². The average Bonchev–Trinajstić information content (AvgIpc) is 2.90. The summed E-state index contributed by atoms with van der Waals surface area (Å²) in [7, 11) is -7.17. The molecule has 0 aliphatic rings. The summed E-state index contributed by atoms with van der Waals surface area (Å²) < 4.78 is 54.4. The number of carbonyl (C=O) groups is 1. The third-order valence-corrected chi connectivity index (χ3v) is 8.10. The fourth-order valence-corrected chi connectivity index (χ4v) is 6.54. The van der Waals surface area contributed by atoms with Crippen LogP contribution in [0.3, 0.4) is 0 Å². The van der Waals surface area contributed by atoms with E-state index in [4.69, 9.17) is 0 Å². The summed E-state index contributed by atoms with van der Waals surface area (Å²) >= 11 is 0. The SMILES string of the molecule is CCCCS(=O)(=O)Nc1cc2c(C(C)=O)c(C)n(S(=O)(=O)CCCC)c2cc1C. The molecule has 1 aromatic heterocycles. The van der Waals surface area contributed by atoms with Crippen LogP contribution >= 0.6 is 0 Å². The van der Waals surface area contributed by atoms with Crippen LogP contribution in [-0.2, 0) is 20.0 Å². The maximum absolute atomic E-state index is 12.9. The Labute approximate surface area is 173 Å². The highest BCUT2D eigenvalue weighted by atomic mass is 32.2. The molecule has 1 heterocycles. The molecule has 2 rings (SSSR count). The zero-order valence-electron chi connectivity index (χ0n) is 17.7. The molecule has 7 nitrogen and oxygen atoms in total. The van der Waals surface area contributed by atoms with Gasteiger partial charge in [0.2, 0.25) is 20.0 Å². The molecule has 0 bridgehead atoms. The van der Waals surface area contributed by atoms with Gasteiger partial charge in [0.15, 0.2) is 5.78 Å². The van der Waals surface area contributed by atoms with Crippen LogP contribution in [0, 0.1) is 13.8 Å². The fraction of sp³-hybridized carbons (Fsp3) is 0.550. The largest absolute Gasteiger partial charge is 0.294 e. The van der Waals surface area contributed by atoms with E-state index in [1.807, 2.05) is 13.8 Å². The van der Waals surface area contributed by atoms with Gasteiger partial charge in [0.1, 0.15) is 0 Å². The molecule has 162 valence electrons. The maximum Gasteiger partial charge on any atom is 0.239 e. The zero-order valence-corrected chi connectivity index (χ0v) is 19.3. The Morgan fingerprint density at radius 1 is 1.00 bits per heavy atom. The molecule has 0 spiro atoms. The molecule has 0 aliphatic carbocycles. The molecule has 29 heavy (non-hydrogen) atoms. The summed E-state index contributed by atoms with van der Waals surface area (Å²) in [5.74, 6) is -0.275. The van der Waals surface area contributed by atoms with Crippen LogP contribution in [0.5, 0.6) is 0 Å². The van der Waals surface area contributed by atoms with E-state index in [0.29, 0.717) is 46.3 Å². The number of sulfonamides is 1. The van der Waals surface area contributed by atoms with Crippen molar-refractivity contribution in [2.45, 2.75) is 60.3 Å². The number of anilines is 1. The third-order valence-electron chi connectivity index (χ3n) is 4.92. The number of fused-ring (bicyclic) bond motifs is 1. The van der Waals surface area contributed by atoms with Gasteiger partial charge in [-0.05, 0) is 51.3 Å². The second kappa shape index (κ2) is 8.87. The number of benzene rings is 1. The number of hydrogen-bond acceptors (Lipinski definition) is 5. The number of carbonyl (C=O) groups excluding carboxylic acids is 1. The highest BCUT2D eigenvalue weighted by molar-refractivity contribution is 7.92. The van der Waals surface area contributed by atoms with E-state index in [1.54, 1.807) is 26.0 Å². The maximum atomic E-state index is 12.9. The van der Waals surface area contributed by atoms with Crippen molar-refractivity contribution in [2.24, 2.45) is 0 Å². The minimum Gasteiger partial charge on any atom is -0.294 e. The Bertz CT molecular complexity index is 1130. The molecule has 0 fully saturated rings. The van der Waals surface area contributed by atoms with Crippen LogP contribution in [0.1, 0.15) is 68.1 Å². The van der Waals surface area contributed by atoms with Gasteiger partial charge >= 0.3 is 0 Å². The average molecular weight is 443 g/mol. The number of nitrogens with one attached hydrogen (secondary N) is 1. The second-order valence-electron chi connectivity index (χ2n) is 7.41. The zero-order chi connectivity index (χ0) is 22.0. The summed E-state index contributed by atoms with van der Waals surface area (Å²) in [6, 6.07) is 3.21. The Morgan fingerprint density at radius 3 is 2.14 bits per heavy atom. The van der Waals surface area contributed by atoms with Crippen LogP contribution in [0.4, 0.5) is 5.69 Å². The van der Waals surface area contributed by atoms with Gasteiger partial charge in [0.05, 0.1) is 22.7 Å². The van der Waals surface area contributed by atoms with Crippen LogP contribution in [0.25, 0.3) is 10.9 Å². The van der Waals surface area contributed by atoms with Crippen molar-refractivity contribution in [3.8, 4) is 0 Å². The van der Waals surface area contributed by atoms with Crippen molar-refractivity contribution < 1.29 is 21.6 Å². The normalized spacial score (nSPS) is 12.4. The van der Waals surface area contributed by atoms with Gasteiger partial charge in [0.25, 0.3) is 0 Å². The fourth-order valence-electron chi connectivity index (χ4n) is 3.42. The number of nitrogens with zero attached hydrogens (tertiary/aromatic N) is 1. The topological polar surface area (TPSA) is 102 Å². The molecular formula is C20H30N2O5S2. The van der Waals surface area contributed by atoms with Crippen molar-refractivity contribution in [3.63, 3.8) is 0 Å². The van der Waals surface area contributed by atoms with E-state index in [1.165, 1.54) is 10.9 Å². The molecule has 1 aromatic carbocycles. The number of aryl methyl sites for hydroxylation is 1. The molecular weight excluding hydrogens is 412 g/mol. The van der Waals surface area contributed by atoms with Gasteiger partial charge in [-0.15, -0.1) is 0 Å². The summed E-state index contributed by atoms with van der Waals surface area (Å²) in [5, 5.41) is 0.439. The van der Waals surface area contributed by atoms with Gasteiger partial charge in [-0.1, -0.05) is 26.7 Å². The molecule has 0 aliphatic heterocycles. The lowest BCUT2D eigenvalue weighted by Crippen LogP contribution is -2.18. The number of Topliss-reactive ketones (excluding diaryl/α,β-unsaturated/α-hetero) is 1. The van der Waals surface area contributed by atoms with Gasteiger partial charge < -0.3 is 0 Å². The van der Waals surface area contributed by atoms with E-state index in [-0.39, 0.29) is 17.3 Å². The molecule has 0 radical (unpaired) electrons. The van der Waals surface area contributed by atoms with Crippen molar-refractivity contribution in [3.05, 3.63) is 29.0 Å². The number of aromatic nitrogens is 1. The van der Waals surface area contributed by atoms with Crippen LogP contribution < -0.4 is 4.72 Å². The highest BCUT2D eigenvalue weighted by Gasteiger charge is 2.26. The van der Waals surface area contributed by atoms with Crippen LogP contribution in [0.2, 0.25) is 0 Å². The minimum absolute atomic E-state index is 0.00593. The lowest BCUT2D eigenvalue weighted by molar-refractivity contribution is 0.101. The van der Waals surface area contributed by atoms with Gasteiger partial charge in [-0.25, -0.2) is 20.8 Å². The Morgan fingerprint density at radius 2 is 1.59 bits per heavy atom. The third kappa shape index (κ3) is 5.01. The molecule has 1 N–H and O–H groups in total. The summed E-state index contributed by atoms with van der Waals surface area (Å²) in [5.41, 5.74) is 2.01. The Kier molecular flexibility index (Phi) is 7.16. The minimum atomic E-state index is -3.64. The first-order valence-electron chi connectivity index (χ1n) is 9.85. The number of rotatable bonds is 10. The predicted octanol–water partition coefficient (Wildman–Crippen LogP) is 3.98. The molecule has 9 heteroatoms. The van der Waals surface area contributed by atoms with Crippen molar-refractivity contribution in [2.75, 3.05) is 16.2 Å². The van der Waals surface area contributed by atoms with Crippen molar-refractivity contribution in [1.29, 1.82) is 0 Å². The summed E-state index contributed by atoms with van der Waals surface area (Å²) in [6.45, 7) is 8.54. The standard InChI is InChI=1S/C20H30N2O5S2/c1-6-8-10-28(24,25)21-18-13-17-19(12-14(18)3)22(15(4)20(17)16(5)23)29(26,27)11-9-7-2/h12-13,21H,6-11H2,1-5H3. The molecule has 0 saturated heterocycles. The smallest absolute Gasteiger partial charge is 0.239 e. The monoisotopic (exact) mass is 442 g/mol. The number of hydrogen-bond donors (Lipinski definition) is 1. The second-order valence-corrected chi connectivity index (χ2v) is 11.2. The van der Waals surface area contributed by atoms with Gasteiger partial charge in [-0.3, -0.25) is 9.52 Å². The summed E-state index contributed by atoms with van der Waals surface area (Å²) in [6.07, 6.45) is 2.55. The van der Waals surface area contributed by atoms with E-state index in [2.05, 4.69) is 4.72 Å². The van der Waals surface area contributed by atoms with E-state index in [9.17, 15) is 21.6 Å². The Hall–Kier alpha value is -1.87. The Balaban J connectivity index is 2.71. The molecule has 0 saturated carbocycles. The number of unbranched alkanes of at least 4 members (excludes halogenated alkanes) is 2. The first-order valence-corrected chi connectivity index (χ1v) is 13.1. The lowest BCUT2D eigenvalue weighted by atomic mass is 10.1. The number of ketones is 1. The highest BCUT2D eigenvalue weighted by Crippen LogP contribution is 2.33. The lowest BCUT2D eigenvalue weighted by Gasteiger charge is -2.13. The van der Waals surface area contributed by atoms with Crippen molar-refractivity contribution >= 4 is 42.4 Å². The molecule has 0 atom stereocenters. The van der Waals surface area contributed by atoms with Crippen LogP contribution in [-0.4, -0.2) is 38.1 Å². The van der Waals surface area contributed by atoms with E-state index >= 15 is 0 Å². The van der Waals surface area contributed by atoms with E-state index in [0.717, 1.165) is 12.8 Å². The van der Waals surface area contributed by atoms with Gasteiger partial charge in [-0.2, -0.15) is 0 Å². The van der Waals surface area contributed by atoms with E-state index < -0.39 is 20.0 Å². The predicted molar refractivity (Wildman–Crippen MR) is 118 cm³/mol. The molecule has 0 unspecified atom stereocenters. The quantitative estimate of drug-likeness (QED) is 0.561. The van der Waals surface area contributed by atoms with Crippen LogP contribution in [0.15, 0.2) is 12.1 Å². The molecule has 0 amide bonds.